The third-order valence-electron chi connectivity index (χ3n) is 1.37. The minimum Gasteiger partial charge on any atom is -0.478 e. The summed E-state index contributed by atoms with van der Waals surface area (Å²) in [5.41, 5.74) is 5.39. The number of rotatable bonds is 2. The SMILES string of the molecule is Nc1ccc(N=O)cc1C(=O)O. The van der Waals surface area contributed by atoms with Crippen LogP contribution in [0, 0.1) is 4.91 Å². The van der Waals surface area contributed by atoms with Crippen molar-refractivity contribution in [1.82, 2.24) is 0 Å². The first-order valence-corrected chi connectivity index (χ1v) is 3.11. The van der Waals surface area contributed by atoms with Crippen molar-refractivity contribution in [2.24, 2.45) is 5.18 Å². The lowest BCUT2D eigenvalue weighted by molar-refractivity contribution is 0.0698. The average Bonchev–Trinajstić information content (AvgIpc) is 2.05. The van der Waals surface area contributed by atoms with Crippen molar-refractivity contribution in [1.29, 1.82) is 0 Å². The zero-order valence-electron chi connectivity index (χ0n) is 6.02. The van der Waals surface area contributed by atoms with Crippen LogP contribution in [0.1, 0.15) is 10.4 Å². The lowest BCUT2D eigenvalue weighted by Crippen LogP contribution is -2.01. The number of carbonyl (C=O) groups is 1. The zero-order valence-corrected chi connectivity index (χ0v) is 6.02. The van der Waals surface area contributed by atoms with E-state index in [1.807, 2.05) is 0 Å². The van der Waals surface area contributed by atoms with E-state index in [0.29, 0.717) is 0 Å². The summed E-state index contributed by atoms with van der Waals surface area (Å²) >= 11 is 0. The lowest BCUT2D eigenvalue weighted by atomic mass is 10.1. The summed E-state index contributed by atoms with van der Waals surface area (Å²) in [6.07, 6.45) is 0. The van der Waals surface area contributed by atoms with Crippen LogP contribution in [-0.2, 0) is 0 Å². The third kappa shape index (κ3) is 1.39. The maximum absolute atomic E-state index is 10.5. The molecule has 1 rings (SSSR count). The number of carboxylic acids is 1. The van der Waals surface area contributed by atoms with Crippen LogP contribution in [0.3, 0.4) is 0 Å². The number of nitrogens with two attached hydrogens (primary N) is 1. The van der Waals surface area contributed by atoms with Crippen molar-refractivity contribution in [3.05, 3.63) is 28.7 Å². The van der Waals surface area contributed by atoms with Gasteiger partial charge >= 0.3 is 5.97 Å². The monoisotopic (exact) mass is 166 g/mol. The number of anilines is 1. The van der Waals surface area contributed by atoms with Gasteiger partial charge in [-0.3, -0.25) is 0 Å². The molecule has 12 heavy (non-hydrogen) atoms. The summed E-state index contributed by atoms with van der Waals surface area (Å²) in [5.74, 6) is -1.17. The molecule has 1 aromatic carbocycles. The van der Waals surface area contributed by atoms with Gasteiger partial charge < -0.3 is 10.8 Å². The van der Waals surface area contributed by atoms with Crippen LogP contribution >= 0.6 is 0 Å². The van der Waals surface area contributed by atoms with E-state index in [-0.39, 0.29) is 16.9 Å². The van der Waals surface area contributed by atoms with Gasteiger partial charge in [0.2, 0.25) is 0 Å². The molecule has 0 bridgehead atoms. The van der Waals surface area contributed by atoms with Crippen molar-refractivity contribution in [2.75, 3.05) is 5.73 Å². The highest BCUT2D eigenvalue weighted by Crippen LogP contribution is 2.19. The van der Waals surface area contributed by atoms with Gasteiger partial charge in [-0.05, 0) is 23.4 Å². The van der Waals surface area contributed by atoms with Crippen LogP contribution in [0.4, 0.5) is 11.4 Å². The fraction of sp³-hybridized carbons (Fsp3) is 0. The highest BCUT2D eigenvalue weighted by atomic mass is 16.4. The fourth-order valence-corrected chi connectivity index (χ4v) is 0.786. The summed E-state index contributed by atoms with van der Waals surface area (Å²) in [6, 6.07) is 3.82. The van der Waals surface area contributed by atoms with Crippen LogP contribution in [-0.4, -0.2) is 11.1 Å². The number of nitrogen functional groups attached to an aromatic ring is 1. The van der Waals surface area contributed by atoms with Gasteiger partial charge in [0.15, 0.2) is 0 Å². The van der Waals surface area contributed by atoms with Crippen LogP contribution in [0.2, 0.25) is 0 Å². The molecule has 0 radical (unpaired) electrons. The lowest BCUT2D eigenvalue weighted by Gasteiger charge is -1.98. The van der Waals surface area contributed by atoms with Gasteiger partial charge in [-0.25, -0.2) is 4.79 Å². The van der Waals surface area contributed by atoms with Gasteiger partial charge in [0, 0.05) is 5.69 Å². The van der Waals surface area contributed by atoms with Gasteiger partial charge in [0.1, 0.15) is 5.69 Å². The maximum atomic E-state index is 10.5. The van der Waals surface area contributed by atoms with Crippen molar-refractivity contribution >= 4 is 17.3 Å². The number of nitrogens with zero attached hydrogens (tertiary/aromatic N) is 1. The molecule has 0 saturated carbocycles. The van der Waals surface area contributed by atoms with Crippen molar-refractivity contribution < 1.29 is 9.90 Å². The summed E-state index contributed by atoms with van der Waals surface area (Å²) in [7, 11) is 0. The van der Waals surface area contributed by atoms with E-state index >= 15 is 0 Å². The first-order chi connectivity index (χ1) is 5.65. The van der Waals surface area contributed by atoms with Crippen molar-refractivity contribution in [2.45, 2.75) is 0 Å². The molecule has 0 aliphatic heterocycles. The van der Waals surface area contributed by atoms with Crippen LogP contribution in [0.15, 0.2) is 23.4 Å². The van der Waals surface area contributed by atoms with E-state index in [2.05, 4.69) is 5.18 Å². The Balaban J connectivity index is 3.25. The van der Waals surface area contributed by atoms with E-state index in [0.717, 1.165) is 6.07 Å². The van der Waals surface area contributed by atoms with Crippen LogP contribution in [0.25, 0.3) is 0 Å². The number of nitroso groups, excluding NO2 is 1. The molecule has 0 atom stereocenters. The molecular weight excluding hydrogens is 160 g/mol. The van der Waals surface area contributed by atoms with Gasteiger partial charge in [0.05, 0.1) is 5.56 Å². The summed E-state index contributed by atoms with van der Waals surface area (Å²) in [6.45, 7) is 0. The molecule has 3 N–H and O–H groups in total. The number of carboxylic acid groups (broad SMARTS) is 1. The van der Waals surface area contributed by atoms with Crippen molar-refractivity contribution in [3.8, 4) is 0 Å². The smallest absolute Gasteiger partial charge is 0.337 e. The molecular formula is C7H6N2O3. The Morgan fingerprint density at radius 2 is 2.17 bits per heavy atom. The van der Waals surface area contributed by atoms with E-state index in [4.69, 9.17) is 10.8 Å². The number of aromatic carboxylic acids is 1. The predicted octanol–water partition coefficient (Wildman–Crippen LogP) is 1.36. The molecule has 1 aromatic rings. The number of benzene rings is 1. The molecule has 5 nitrogen and oxygen atoms in total. The predicted molar refractivity (Wildman–Crippen MR) is 43.3 cm³/mol. The molecule has 0 heterocycles. The van der Waals surface area contributed by atoms with Gasteiger partial charge in [-0.2, -0.15) is 0 Å². The number of hydrogen-bond acceptors (Lipinski definition) is 4. The molecule has 0 amide bonds. The van der Waals surface area contributed by atoms with Crippen molar-refractivity contribution in [3.63, 3.8) is 0 Å². The third-order valence-corrected chi connectivity index (χ3v) is 1.37. The fourth-order valence-electron chi connectivity index (χ4n) is 0.786. The van der Waals surface area contributed by atoms with Crippen LogP contribution < -0.4 is 5.73 Å². The van der Waals surface area contributed by atoms with Gasteiger partial charge in [-0.15, -0.1) is 4.91 Å². The molecule has 0 spiro atoms. The Labute approximate surface area is 67.8 Å². The maximum Gasteiger partial charge on any atom is 0.337 e. The Morgan fingerprint density at radius 1 is 1.50 bits per heavy atom. The Kier molecular flexibility index (Phi) is 2.05. The average molecular weight is 166 g/mol. The zero-order chi connectivity index (χ0) is 9.14. The second kappa shape index (κ2) is 3.00. The first kappa shape index (κ1) is 8.19. The van der Waals surface area contributed by atoms with E-state index in [1.165, 1.54) is 12.1 Å². The standard InChI is InChI=1S/C7H6N2O3/c8-6-2-1-4(9-12)3-5(6)7(10)11/h1-3H,8H2,(H,10,11). The molecule has 0 aliphatic rings. The topological polar surface area (TPSA) is 92.8 Å². The highest BCUT2D eigenvalue weighted by molar-refractivity contribution is 5.94. The Hall–Kier alpha value is -1.91. The summed E-state index contributed by atoms with van der Waals surface area (Å²) < 4.78 is 0. The molecule has 0 aliphatic carbocycles. The second-order valence-electron chi connectivity index (χ2n) is 2.17. The van der Waals surface area contributed by atoms with E-state index in [9.17, 15) is 9.70 Å². The van der Waals surface area contributed by atoms with Gasteiger partial charge in [-0.1, -0.05) is 0 Å². The molecule has 62 valence electrons. The number of hydrogen-bond donors (Lipinski definition) is 2. The van der Waals surface area contributed by atoms with E-state index < -0.39 is 5.97 Å². The molecule has 0 fully saturated rings. The minimum atomic E-state index is -1.17. The molecule has 5 heteroatoms. The minimum absolute atomic E-state index is 0.0570. The molecule has 0 unspecified atom stereocenters. The van der Waals surface area contributed by atoms with Crippen LogP contribution in [0.5, 0.6) is 0 Å². The summed E-state index contributed by atoms with van der Waals surface area (Å²) in [4.78, 5) is 20.5. The second-order valence-corrected chi connectivity index (χ2v) is 2.17. The summed E-state index contributed by atoms with van der Waals surface area (Å²) in [5, 5.41) is 11.1. The highest BCUT2D eigenvalue weighted by Gasteiger charge is 2.08. The molecule has 0 saturated heterocycles. The largest absolute Gasteiger partial charge is 0.478 e. The molecule has 0 aromatic heterocycles. The van der Waals surface area contributed by atoms with Gasteiger partial charge in [0.25, 0.3) is 0 Å². The Bertz CT molecular complexity index is 335. The normalized spacial score (nSPS) is 9.33. The van der Waals surface area contributed by atoms with E-state index in [1.54, 1.807) is 0 Å². The first-order valence-electron chi connectivity index (χ1n) is 3.11. The Morgan fingerprint density at radius 3 is 2.67 bits per heavy atom. The quantitative estimate of drug-likeness (QED) is 0.512.